The molecule has 2 heterocycles. The Kier molecular flexibility index (Phi) is 4.87. The monoisotopic (exact) mass is 360 g/mol. The Morgan fingerprint density at radius 1 is 1.24 bits per heavy atom. The maximum Gasteiger partial charge on any atom is 0.211 e. The van der Waals surface area contributed by atoms with Crippen LogP contribution in [0.25, 0.3) is 10.9 Å². The molecule has 25 heavy (non-hydrogen) atoms. The van der Waals surface area contributed by atoms with Crippen LogP contribution in [-0.4, -0.2) is 60.7 Å². The quantitative estimate of drug-likeness (QED) is 0.833. The molecule has 1 aromatic heterocycles. The van der Waals surface area contributed by atoms with Crippen molar-refractivity contribution < 1.29 is 8.42 Å². The third kappa shape index (κ3) is 3.56. The molecule has 0 N–H and O–H groups in total. The van der Waals surface area contributed by atoms with Gasteiger partial charge >= 0.3 is 0 Å². The van der Waals surface area contributed by atoms with Gasteiger partial charge < -0.3 is 4.57 Å². The third-order valence-electron chi connectivity index (χ3n) is 5.09. The standard InChI is InChI=1S/C18H24N4O2S/c1-14-5-4-6-18-17(14)11-16(12-19)22(18)13-15(2)20-7-9-21(10-8-20)25(3,23)24/h4-6,11,15H,7-10,13H2,1-3H3/t15-/m0/s1. The number of nitrogens with zero attached hydrogens (tertiary/aromatic N) is 4. The Labute approximate surface area is 149 Å². The van der Waals surface area contributed by atoms with Gasteiger partial charge in [0.05, 0.1) is 6.26 Å². The maximum absolute atomic E-state index is 11.6. The molecule has 7 heteroatoms. The fourth-order valence-electron chi connectivity index (χ4n) is 3.58. The molecule has 2 aromatic rings. The molecule has 0 radical (unpaired) electrons. The van der Waals surface area contributed by atoms with Crippen LogP contribution in [0.4, 0.5) is 0 Å². The molecule has 0 unspecified atom stereocenters. The zero-order chi connectivity index (χ0) is 18.2. The van der Waals surface area contributed by atoms with Crippen LogP contribution in [0.3, 0.4) is 0 Å². The summed E-state index contributed by atoms with van der Waals surface area (Å²) in [7, 11) is -3.11. The first-order valence-electron chi connectivity index (χ1n) is 8.49. The van der Waals surface area contributed by atoms with E-state index in [-0.39, 0.29) is 6.04 Å². The first kappa shape index (κ1) is 17.9. The molecule has 0 amide bonds. The van der Waals surface area contributed by atoms with E-state index in [1.165, 1.54) is 16.1 Å². The smallest absolute Gasteiger partial charge is 0.211 e. The van der Waals surface area contributed by atoms with Crippen LogP contribution in [0.5, 0.6) is 0 Å². The molecular formula is C18H24N4O2S. The number of benzene rings is 1. The maximum atomic E-state index is 11.6. The molecule has 6 nitrogen and oxygen atoms in total. The number of nitriles is 1. The van der Waals surface area contributed by atoms with Gasteiger partial charge in [0, 0.05) is 49.7 Å². The van der Waals surface area contributed by atoms with E-state index in [0.29, 0.717) is 38.4 Å². The van der Waals surface area contributed by atoms with Gasteiger partial charge in [-0.2, -0.15) is 9.57 Å². The number of hydrogen-bond acceptors (Lipinski definition) is 4. The van der Waals surface area contributed by atoms with Crippen LogP contribution in [-0.2, 0) is 16.6 Å². The normalized spacial score (nSPS) is 18.3. The van der Waals surface area contributed by atoms with E-state index in [2.05, 4.69) is 41.5 Å². The Morgan fingerprint density at radius 3 is 2.52 bits per heavy atom. The number of sulfonamides is 1. The van der Waals surface area contributed by atoms with Crippen LogP contribution in [0.2, 0.25) is 0 Å². The molecule has 3 rings (SSSR count). The lowest BCUT2D eigenvalue weighted by atomic mass is 10.1. The number of piperazine rings is 1. The highest BCUT2D eigenvalue weighted by atomic mass is 32.2. The summed E-state index contributed by atoms with van der Waals surface area (Å²) < 4.78 is 26.9. The van der Waals surface area contributed by atoms with Crippen molar-refractivity contribution >= 4 is 20.9 Å². The zero-order valence-electron chi connectivity index (χ0n) is 14.9. The second kappa shape index (κ2) is 6.79. The number of rotatable bonds is 4. The molecule has 1 aliphatic heterocycles. The summed E-state index contributed by atoms with van der Waals surface area (Å²) in [6, 6.07) is 10.6. The highest BCUT2D eigenvalue weighted by Gasteiger charge is 2.26. The fraction of sp³-hybridized carbons (Fsp3) is 0.500. The van der Waals surface area contributed by atoms with Crippen molar-refractivity contribution in [1.29, 1.82) is 5.26 Å². The van der Waals surface area contributed by atoms with Gasteiger partial charge in [-0.3, -0.25) is 4.90 Å². The number of aromatic nitrogens is 1. The van der Waals surface area contributed by atoms with E-state index in [1.54, 1.807) is 0 Å². The van der Waals surface area contributed by atoms with Crippen molar-refractivity contribution in [3.63, 3.8) is 0 Å². The fourth-order valence-corrected chi connectivity index (χ4v) is 4.40. The SMILES string of the molecule is Cc1cccc2c1cc(C#N)n2C[C@H](C)N1CCN(S(C)(=O)=O)CC1. The van der Waals surface area contributed by atoms with E-state index in [9.17, 15) is 13.7 Å². The first-order valence-corrected chi connectivity index (χ1v) is 10.3. The van der Waals surface area contributed by atoms with Crippen LogP contribution in [0, 0.1) is 18.3 Å². The summed E-state index contributed by atoms with van der Waals surface area (Å²) in [4.78, 5) is 2.30. The first-order chi connectivity index (χ1) is 11.8. The van der Waals surface area contributed by atoms with Gasteiger partial charge in [-0.15, -0.1) is 0 Å². The van der Waals surface area contributed by atoms with E-state index in [0.717, 1.165) is 10.9 Å². The summed E-state index contributed by atoms with van der Waals surface area (Å²) in [5, 5.41) is 10.6. The minimum absolute atomic E-state index is 0.227. The van der Waals surface area contributed by atoms with Gasteiger partial charge in [-0.05, 0) is 31.5 Å². The lowest BCUT2D eigenvalue weighted by Crippen LogP contribution is -2.51. The van der Waals surface area contributed by atoms with Crippen molar-refractivity contribution in [2.24, 2.45) is 0 Å². The highest BCUT2D eigenvalue weighted by molar-refractivity contribution is 7.88. The zero-order valence-corrected chi connectivity index (χ0v) is 15.8. The lowest BCUT2D eigenvalue weighted by molar-refractivity contribution is 0.135. The second-order valence-electron chi connectivity index (χ2n) is 6.81. The minimum atomic E-state index is -3.11. The molecule has 0 aliphatic carbocycles. The van der Waals surface area contributed by atoms with E-state index < -0.39 is 10.0 Å². The largest absolute Gasteiger partial charge is 0.331 e. The molecule has 134 valence electrons. The van der Waals surface area contributed by atoms with E-state index >= 15 is 0 Å². The topological polar surface area (TPSA) is 69.3 Å². The molecular weight excluding hydrogens is 336 g/mol. The average Bonchev–Trinajstić information content (AvgIpc) is 2.93. The number of aryl methyl sites for hydroxylation is 1. The van der Waals surface area contributed by atoms with Crippen LogP contribution < -0.4 is 0 Å². The summed E-state index contributed by atoms with van der Waals surface area (Å²) in [6.45, 7) is 7.40. The molecule has 0 saturated carbocycles. The Morgan fingerprint density at radius 2 is 1.92 bits per heavy atom. The summed E-state index contributed by atoms with van der Waals surface area (Å²) in [6.07, 6.45) is 1.26. The van der Waals surface area contributed by atoms with E-state index in [1.807, 2.05) is 12.1 Å². The van der Waals surface area contributed by atoms with Gasteiger partial charge in [-0.25, -0.2) is 8.42 Å². The third-order valence-corrected chi connectivity index (χ3v) is 6.39. The summed E-state index contributed by atoms with van der Waals surface area (Å²) in [5.41, 5.74) is 2.92. The molecule has 1 atom stereocenters. The van der Waals surface area contributed by atoms with Gasteiger partial charge in [-0.1, -0.05) is 12.1 Å². The van der Waals surface area contributed by atoms with Gasteiger partial charge in [0.25, 0.3) is 0 Å². The molecule has 1 saturated heterocycles. The Bertz CT molecular complexity index is 918. The Hall–Kier alpha value is -1.88. The van der Waals surface area contributed by atoms with Gasteiger partial charge in [0.2, 0.25) is 10.0 Å². The summed E-state index contributed by atoms with van der Waals surface area (Å²) >= 11 is 0. The van der Waals surface area contributed by atoms with Crippen molar-refractivity contribution in [2.45, 2.75) is 26.4 Å². The predicted octanol–water partition coefficient (Wildman–Crippen LogP) is 1.79. The van der Waals surface area contributed by atoms with Crippen LogP contribution in [0.1, 0.15) is 18.2 Å². The number of fused-ring (bicyclic) bond motifs is 1. The molecule has 0 spiro atoms. The van der Waals surface area contributed by atoms with Crippen molar-refractivity contribution in [3.8, 4) is 6.07 Å². The molecule has 1 fully saturated rings. The predicted molar refractivity (Wildman–Crippen MR) is 98.8 cm³/mol. The average molecular weight is 360 g/mol. The second-order valence-corrected chi connectivity index (χ2v) is 8.79. The van der Waals surface area contributed by atoms with Crippen LogP contribution >= 0.6 is 0 Å². The van der Waals surface area contributed by atoms with E-state index in [4.69, 9.17) is 0 Å². The van der Waals surface area contributed by atoms with Gasteiger partial charge in [0.15, 0.2) is 0 Å². The highest BCUT2D eigenvalue weighted by Crippen LogP contribution is 2.24. The van der Waals surface area contributed by atoms with Crippen molar-refractivity contribution in [1.82, 2.24) is 13.8 Å². The lowest BCUT2D eigenvalue weighted by Gasteiger charge is -2.37. The minimum Gasteiger partial charge on any atom is -0.331 e. The molecule has 1 aromatic carbocycles. The molecule has 0 bridgehead atoms. The molecule has 1 aliphatic rings. The number of hydrogen-bond donors (Lipinski definition) is 0. The summed E-state index contributed by atoms with van der Waals surface area (Å²) in [5.74, 6) is 0. The van der Waals surface area contributed by atoms with Crippen molar-refractivity contribution in [3.05, 3.63) is 35.5 Å². The Balaban J connectivity index is 1.78. The van der Waals surface area contributed by atoms with Gasteiger partial charge in [0.1, 0.15) is 11.8 Å². The van der Waals surface area contributed by atoms with Crippen LogP contribution in [0.15, 0.2) is 24.3 Å². The van der Waals surface area contributed by atoms with Crippen molar-refractivity contribution in [2.75, 3.05) is 32.4 Å².